The largest absolute Gasteiger partial charge is 0.329 e. The van der Waals surface area contributed by atoms with E-state index in [2.05, 4.69) is 33.8 Å². The number of aromatic nitrogens is 1. The molecular weight excluding hydrogens is 248 g/mol. The first-order chi connectivity index (χ1) is 9.69. The molecule has 2 saturated heterocycles. The summed E-state index contributed by atoms with van der Waals surface area (Å²) in [7, 11) is 0. The Balaban J connectivity index is 1.79. The molecule has 2 N–H and O–H groups in total. The quantitative estimate of drug-likeness (QED) is 0.908. The van der Waals surface area contributed by atoms with Crippen molar-refractivity contribution in [3.63, 3.8) is 0 Å². The van der Waals surface area contributed by atoms with E-state index in [4.69, 9.17) is 5.73 Å². The van der Waals surface area contributed by atoms with Crippen LogP contribution in [0.5, 0.6) is 0 Å². The van der Waals surface area contributed by atoms with Crippen molar-refractivity contribution in [1.29, 1.82) is 0 Å². The van der Waals surface area contributed by atoms with Crippen molar-refractivity contribution in [2.75, 3.05) is 26.2 Å². The van der Waals surface area contributed by atoms with Crippen LogP contribution in [0.4, 0.5) is 0 Å². The lowest BCUT2D eigenvalue weighted by atomic mass is 10.0. The van der Waals surface area contributed by atoms with Crippen LogP contribution in [-0.4, -0.2) is 53.0 Å². The second-order valence-corrected chi connectivity index (χ2v) is 6.32. The topological polar surface area (TPSA) is 45.4 Å². The molecule has 4 nitrogen and oxygen atoms in total. The van der Waals surface area contributed by atoms with Gasteiger partial charge in [-0.15, -0.1) is 0 Å². The molecule has 3 unspecified atom stereocenters. The lowest BCUT2D eigenvalue weighted by molar-refractivity contribution is 0.0295. The summed E-state index contributed by atoms with van der Waals surface area (Å²) in [6.45, 7) is 8.64. The number of fused-ring (bicyclic) bond motifs is 1. The van der Waals surface area contributed by atoms with E-state index in [1.165, 1.54) is 31.5 Å². The maximum Gasteiger partial charge on any atom is 0.0489 e. The summed E-state index contributed by atoms with van der Waals surface area (Å²) in [6.07, 6.45) is 4.69. The van der Waals surface area contributed by atoms with Gasteiger partial charge in [-0.2, -0.15) is 0 Å². The van der Waals surface area contributed by atoms with Crippen molar-refractivity contribution in [3.05, 3.63) is 29.6 Å². The number of piperazine rings is 1. The molecule has 2 aliphatic rings. The SMILES string of the molecule is Cc1ccc(C(CN)N2CC3CCCN3CC2C)cn1. The number of hydrogen-bond donors (Lipinski definition) is 1. The second-order valence-electron chi connectivity index (χ2n) is 6.32. The van der Waals surface area contributed by atoms with E-state index in [1.807, 2.05) is 13.1 Å². The number of aryl methyl sites for hydroxylation is 1. The third kappa shape index (κ3) is 2.60. The summed E-state index contributed by atoms with van der Waals surface area (Å²) in [4.78, 5) is 9.69. The van der Waals surface area contributed by atoms with Crippen LogP contribution in [0.1, 0.15) is 37.1 Å². The van der Waals surface area contributed by atoms with Crippen molar-refractivity contribution in [2.45, 2.75) is 44.8 Å². The Kier molecular flexibility index (Phi) is 4.06. The molecule has 1 aromatic rings. The molecule has 0 aromatic carbocycles. The van der Waals surface area contributed by atoms with E-state index in [0.29, 0.717) is 18.6 Å². The summed E-state index contributed by atoms with van der Waals surface area (Å²) in [5, 5.41) is 0. The maximum absolute atomic E-state index is 6.09. The normalized spacial score (nSPS) is 29.4. The van der Waals surface area contributed by atoms with Crippen LogP contribution in [0.2, 0.25) is 0 Å². The lowest BCUT2D eigenvalue weighted by Gasteiger charge is -2.46. The Morgan fingerprint density at radius 2 is 2.25 bits per heavy atom. The van der Waals surface area contributed by atoms with Gasteiger partial charge < -0.3 is 5.73 Å². The fourth-order valence-corrected chi connectivity index (χ4v) is 3.78. The fourth-order valence-electron chi connectivity index (χ4n) is 3.78. The predicted molar refractivity (Wildman–Crippen MR) is 81.5 cm³/mol. The highest BCUT2D eigenvalue weighted by Crippen LogP contribution is 2.30. The number of rotatable bonds is 3. The summed E-state index contributed by atoms with van der Waals surface area (Å²) in [5.41, 5.74) is 8.42. The van der Waals surface area contributed by atoms with Crippen LogP contribution < -0.4 is 5.73 Å². The van der Waals surface area contributed by atoms with Gasteiger partial charge in [-0.05, 0) is 44.9 Å². The summed E-state index contributed by atoms with van der Waals surface area (Å²) < 4.78 is 0. The van der Waals surface area contributed by atoms with Gasteiger partial charge in [-0.3, -0.25) is 14.8 Å². The highest BCUT2D eigenvalue weighted by atomic mass is 15.3. The molecule has 0 saturated carbocycles. The van der Waals surface area contributed by atoms with Crippen LogP contribution in [0.15, 0.2) is 18.3 Å². The average molecular weight is 274 g/mol. The molecule has 0 amide bonds. The maximum atomic E-state index is 6.09. The van der Waals surface area contributed by atoms with E-state index < -0.39 is 0 Å². The van der Waals surface area contributed by atoms with Gasteiger partial charge in [0.2, 0.25) is 0 Å². The molecule has 110 valence electrons. The molecular formula is C16H26N4. The molecule has 3 rings (SSSR count). The van der Waals surface area contributed by atoms with Gasteiger partial charge in [-0.1, -0.05) is 6.07 Å². The summed E-state index contributed by atoms with van der Waals surface area (Å²) in [6, 6.07) is 5.89. The molecule has 2 aliphatic heterocycles. The van der Waals surface area contributed by atoms with E-state index in [-0.39, 0.29) is 0 Å². The van der Waals surface area contributed by atoms with Gasteiger partial charge in [0, 0.05) is 49.7 Å². The zero-order valence-electron chi connectivity index (χ0n) is 12.6. The standard InChI is InChI=1S/C16H26N4/c1-12-5-6-14(9-18-12)16(8-17)20-11-15-4-3-7-19(15)10-13(20)2/h5-6,9,13,15-16H,3-4,7-8,10-11,17H2,1-2H3. The number of nitrogens with zero attached hydrogens (tertiary/aromatic N) is 3. The van der Waals surface area contributed by atoms with Crippen molar-refractivity contribution in [2.24, 2.45) is 5.73 Å². The Morgan fingerprint density at radius 3 is 2.95 bits per heavy atom. The van der Waals surface area contributed by atoms with Gasteiger partial charge in [-0.25, -0.2) is 0 Å². The lowest BCUT2D eigenvalue weighted by Crippen LogP contribution is -2.56. The average Bonchev–Trinajstić information content (AvgIpc) is 2.89. The number of nitrogens with two attached hydrogens (primary N) is 1. The predicted octanol–water partition coefficient (Wildman–Crippen LogP) is 1.56. The zero-order valence-corrected chi connectivity index (χ0v) is 12.6. The molecule has 0 spiro atoms. The Morgan fingerprint density at radius 1 is 1.40 bits per heavy atom. The minimum atomic E-state index is 0.306. The first-order valence-electron chi connectivity index (χ1n) is 7.81. The van der Waals surface area contributed by atoms with Crippen LogP contribution in [0, 0.1) is 6.92 Å². The van der Waals surface area contributed by atoms with Gasteiger partial charge in [0.1, 0.15) is 0 Å². The smallest absolute Gasteiger partial charge is 0.0489 e. The van der Waals surface area contributed by atoms with Crippen molar-refractivity contribution >= 4 is 0 Å². The molecule has 3 atom stereocenters. The second kappa shape index (κ2) is 5.80. The van der Waals surface area contributed by atoms with E-state index in [1.54, 1.807) is 0 Å². The van der Waals surface area contributed by atoms with Crippen LogP contribution in [-0.2, 0) is 0 Å². The van der Waals surface area contributed by atoms with E-state index >= 15 is 0 Å². The number of pyridine rings is 1. The molecule has 2 fully saturated rings. The fraction of sp³-hybridized carbons (Fsp3) is 0.688. The van der Waals surface area contributed by atoms with Gasteiger partial charge in [0.25, 0.3) is 0 Å². The zero-order chi connectivity index (χ0) is 14.1. The summed E-state index contributed by atoms with van der Waals surface area (Å²) >= 11 is 0. The minimum absolute atomic E-state index is 0.306. The Hall–Kier alpha value is -0.970. The van der Waals surface area contributed by atoms with Crippen LogP contribution in [0.3, 0.4) is 0 Å². The highest BCUT2D eigenvalue weighted by Gasteiger charge is 2.37. The molecule has 0 radical (unpaired) electrons. The molecule has 0 aliphatic carbocycles. The summed E-state index contributed by atoms with van der Waals surface area (Å²) in [5.74, 6) is 0. The van der Waals surface area contributed by atoms with E-state index in [9.17, 15) is 0 Å². The molecule has 20 heavy (non-hydrogen) atoms. The van der Waals surface area contributed by atoms with Crippen molar-refractivity contribution in [3.8, 4) is 0 Å². The molecule has 4 heteroatoms. The highest BCUT2D eigenvalue weighted by molar-refractivity contribution is 5.18. The van der Waals surface area contributed by atoms with Gasteiger partial charge in [0.15, 0.2) is 0 Å². The third-order valence-electron chi connectivity index (χ3n) is 4.93. The Labute approximate surface area is 122 Å². The number of hydrogen-bond acceptors (Lipinski definition) is 4. The monoisotopic (exact) mass is 274 g/mol. The van der Waals surface area contributed by atoms with Crippen LogP contribution in [0.25, 0.3) is 0 Å². The van der Waals surface area contributed by atoms with Gasteiger partial charge >= 0.3 is 0 Å². The van der Waals surface area contributed by atoms with Crippen molar-refractivity contribution < 1.29 is 0 Å². The van der Waals surface area contributed by atoms with Gasteiger partial charge in [0.05, 0.1) is 0 Å². The Bertz CT molecular complexity index is 444. The molecule has 1 aromatic heterocycles. The first kappa shape index (κ1) is 14.0. The molecule has 0 bridgehead atoms. The first-order valence-corrected chi connectivity index (χ1v) is 7.81. The molecule has 3 heterocycles. The van der Waals surface area contributed by atoms with Crippen LogP contribution >= 0.6 is 0 Å². The van der Waals surface area contributed by atoms with Crippen molar-refractivity contribution in [1.82, 2.24) is 14.8 Å². The van der Waals surface area contributed by atoms with E-state index in [0.717, 1.165) is 18.3 Å². The minimum Gasteiger partial charge on any atom is -0.329 e. The third-order valence-corrected chi connectivity index (χ3v) is 4.93.